The first-order valence-electron chi connectivity index (χ1n) is 7.14. The normalized spacial score (nSPS) is 11.1. The fourth-order valence-electron chi connectivity index (χ4n) is 2.33. The number of benzene rings is 2. The second kappa shape index (κ2) is 6.76. The first kappa shape index (κ1) is 16.1. The van der Waals surface area contributed by atoms with Crippen LogP contribution in [0.3, 0.4) is 0 Å². The lowest BCUT2D eigenvalue weighted by atomic mass is 10.1. The van der Waals surface area contributed by atoms with Gasteiger partial charge in [0.05, 0.1) is 21.1 Å². The second-order valence-electron chi connectivity index (χ2n) is 5.18. The molecule has 0 unspecified atom stereocenters. The van der Waals surface area contributed by atoms with Crippen LogP contribution in [0.2, 0.25) is 0 Å². The number of nitrogens with zero attached hydrogens (tertiary/aromatic N) is 3. The maximum absolute atomic E-state index is 10.9. The molecule has 0 saturated carbocycles. The molecule has 120 valence electrons. The molecule has 0 bridgehead atoms. The van der Waals surface area contributed by atoms with Crippen LogP contribution in [0.25, 0.3) is 10.9 Å². The number of hydrogen-bond acceptors (Lipinski definition) is 5. The molecular formula is C17H13BrN4O2. The molecule has 3 aromatic rings. The van der Waals surface area contributed by atoms with Gasteiger partial charge in [0.15, 0.2) is 0 Å². The lowest BCUT2D eigenvalue weighted by Crippen LogP contribution is -1.96. The summed E-state index contributed by atoms with van der Waals surface area (Å²) in [5, 5.41) is 16.1. The van der Waals surface area contributed by atoms with Gasteiger partial charge in [0, 0.05) is 17.0 Å². The van der Waals surface area contributed by atoms with Crippen molar-refractivity contribution in [1.82, 2.24) is 4.98 Å². The molecule has 0 fully saturated rings. The molecule has 1 heterocycles. The zero-order chi connectivity index (χ0) is 17.1. The van der Waals surface area contributed by atoms with Crippen molar-refractivity contribution in [3.63, 3.8) is 0 Å². The predicted molar refractivity (Wildman–Crippen MR) is 98.5 cm³/mol. The van der Waals surface area contributed by atoms with Gasteiger partial charge in [-0.1, -0.05) is 24.3 Å². The third kappa shape index (κ3) is 3.41. The number of pyridine rings is 1. The summed E-state index contributed by atoms with van der Waals surface area (Å²) in [5.74, 6) is 0.620. The summed E-state index contributed by atoms with van der Waals surface area (Å²) in [5.41, 5.74) is 5.46. The number of rotatable bonds is 4. The summed E-state index contributed by atoms with van der Waals surface area (Å²) in [4.78, 5) is 15.0. The Morgan fingerprint density at radius 3 is 2.83 bits per heavy atom. The van der Waals surface area contributed by atoms with Crippen molar-refractivity contribution < 1.29 is 4.92 Å². The van der Waals surface area contributed by atoms with Gasteiger partial charge in [-0.25, -0.2) is 4.98 Å². The number of nitrogens with one attached hydrogen (secondary N) is 1. The molecule has 0 aliphatic carbocycles. The van der Waals surface area contributed by atoms with Crippen molar-refractivity contribution >= 4 is 44.6 Å². The molecule has 0 aliphatic rings. The van der Waals surface area contributed by atoms with Crippen LogP contribution in [-0.2, 0) is 0 Å². The average molecular weight is 385 g/mol. The topological polar surface area (TPSA) is 80.4 Å². The van der Waals surface area contributed by atoms with Gasteiger partial charge in [0.1, 0.15) is 5.82 Å². The van der Waals surface area contributed by atoms with Crippen LogP contribution < -0.4 is 5.43 Å². The van der Waals surface area contributed by atoms with Gasteiger partial charge in [-0.2, -0.15) is 5.10 Å². The Labute approximate surface area is 146 Å². The van der Waals surface area contributed by atoms with E-state index in [1.54, 1.807) is 12.1 Å². The number of nitro groups is 1. The average Bonchev–Trinajstić information content (AvgIpc) is 2.56. The van der Waals surface area contributed by atoms with E-state index in [1.165, 1.54) is 12.3 Å². The first-order valence-corrected chi connectivity index (χ1v) is 7.93. The fourth-order valence-corrected chi connectivity index (χ4v) is 2.72. The number of hydrogen-bond donors (Lipinski definition) is 1. The molecule has 0 aliphatic heterocycles. The molecule has 1 N–H and O–H groups in total. The Morgan fingerprint density at radius 1 is 1.25 bits per heavy atom. The van der Waals surface area contributed by atoms with E-state index in [0.29, 0.717) is 15.9 Å². The number of anilines is 1. The maximum Gasteiger partial charge on any atom is 0.284 e. The predicted octanol–water partition coefficient (Wildman–Crippen LogP) is 4.66. The molecule has 6 nitrogen and oxygen atoms in total. The summed E-state index contributed by atoms with van der Waals surface area (Å²) >= 11 is 3.16. The second-order valence-corrected chi connectivity index (χ2v) is 6.03. The monoisotopic (exact) mass is 384 g/mol. The Balaban J connectivity index is 1.82. The number of nitro benzene ring substituents is 1. The number of hydrazone groups is 1. The zero-order valence-corrected chi connectivity index (χ0v) is 14.3. The van der Waals surface area contributed by atoms with Gasteiger partial charge in [-0.15, -0.1) is 0 Å². The Bertz CT molecular complexity index is 956. The molecule has 2 aromatic carbocycles. The van der Waals surface area contributed by atoms with E-state index in [4.69, 9.17) is 0 Å². The van der Waals surface area contributed by atoms with Crippen molar-refractivity contribution in [3.8, 4) is 0 Å². The number of aryl methyl sites for hydroxylation is 1. The van der Waals surface area contributed by atoms with Gasteiger partial charge in [0.25, 0.3) is 5.69 Å². The molecule has 0 atom stereocenters. The summed E-state index contributed by atoms with van der Waals surface area (Å²) in [6.45, 7) is 2.01. The molecular weight excluding hydrogens is 372 g/mol. The number of para-hydroxylation sites is 1. The standard InChI is InChI=1S/C17H13BrN4O2/c1-11-8-17(20-15-5-3-2-4-13(11)15)21-19-10-12-6-7-14(18)16(9-12)22(23)24/h2-10H,1H3,(H,20,21). The van der Waals surface area contributed by atoms with Crippen LogP contribution in [-0.4, -0.2) is 16.1 Å². The van der Waals surface area contributed by atoms with Gasteiger partial charge in [0.2, 0.25) is 0 Å². The zero-order valence-electron chi connectivity index (χ0n) is 12.7. The fraction of sp³-hybridized carbons (Fsp3) is 0.0588. The highest BCUT2D eigenvalue weighted by Gasteiger charge is 2.11. The van der Waals surface area contributed by atoms with E-state index >= 15 is 0 Å². The maximum atomic E-state index is 10.9. The van der Waals surface area contributed by atoms with Gasteiger partial charge >= 0.3 is 0 Å². The minimum Gasteiger partial charge on any atom is -0.261 e. The molecule has 0 saturated heterocycles. The quantitative estimate of drug-likeness (QED) is 0.402. The summed E-state index contributed by atoms with van der Waals surface area (Å²) in [7, 11) is 0. The summed E-state index contributed by atoms with van der Waals surface area (Å²) < 4.78 is 0.435. The molecule has 24 heavy (non-hydrogen) atoms. The van der Waals surface area contributed by atoms with Crippen LogP contribution in [0.1, 0.15) is 11.1 Å². The van der Waals surface area contributed by atoms with E-state index < -0.39 is 4.92 Å². The highest BCUT2D eigenvalue weighted by atomic mass is 79.9. The SMILES string of the molecule is Cc1cc(NN=Cc2ccc(Br)c([N+](=O)[O-])c2)nc2ccccc12. The number of halogens is 1. The molecule has 0 radical (unpaired) electrons. The highest BCUT2D eigenvalue weighted by molar-refractivity contribution is 9.10. The van der Waals surface area contributed by atoms with Crippen molar-refractivity contribution in [2.75, 3.05) is 5.43 Å². The molecule has 0 spiro atoms. The van der Waals surface area contributed by atoms with E-state index in [1.807, 2.05) is 37.3 Å². The number of aromatic nitrogens is 1. The largest absolute Gasteiger partial charge is 0.284 e. The van der Waals surface area contributed by atoms with Crippen LogP contribution >= 0.6 is 15.9 Å². The van der Waals surface area contributed by atoms with E-state index in [-0.39, 0.29) is 5.69 Å². The molecule has 3 rings (SSSR count). The van der Waals surface area contributed by atoms with Crippen molar-refractivity contribution in [2.45, 2.75) is 6.92 Å². The van der Waals surface area contributed by atoms with Crippen LogP contribution in [0, 0.1) is 17.0 Å². The van der Waals surface area contributed by atoms with Crippen LogP contribution in [0.4, 0.5) is 11.5 Å². The lowest BCUT2D eigenvalue weighted by molar-refractivity contribution is -0.385. The first-order chi connectivity index (χ1) is 11.5. The summed E-state index contributed by atoms with van der Waals surface area (Å²) in [6, 6.07) is 14.6. The lowest BCUT2D eigenvalue weighted by Gasteiger charge is -2.05. The summed E-state index contributed by atoms with van der Waals surface area (Å²) in [6.07, 6.45) is 1.52. The highest BCUT2D eigenvalue weighted by Crippen LogP contribution is 2.25. The van der Waals surface area contributed by atoms with Gasteiger partial charge < -0.3 is 0 Å². The van der Waals surface area contributed by atoms with Crippen molar-refractivity contribution in [1.29, 1.82) is 0 Å². The van der Waals surface area contributed by atoms with E-state index in [0.717, 1.165) is 16.5 Å². The Kier molecular flexibility index (Phi) is 4.52. The third-order valence-corrected chi connectivity index (χ3v) is 4.15. The Morgan fingerprint density at radius 2 is 2.04 bits per heavy atom. The number of fused-ring (bicyclic) bond motifs is 1. The van der Waals surface area contributed by atoms with Gasteiger partial charge in [-0.05, 0) is 46.6 Å². The molecule has 0 amide bonds. The minimum absolute atomic E-state index is 0.00127. The van der Waals surface area contributed by atoms with Crippen molar-refractivity contribution in [3.05, 3.63) is 74.2 Å². The third-order valence-electron chi connectivity index (χ3n) is 3.48. The van der Waals surface area contributed by atoms with Crippen molar-refractivity contribution in [2.24, 2.45) is 5.10 Å². The molecule has 7 heteroatoms. The van der Waals surface area contributed by atoms with Crippen LogP contribution in [0.15, 0.2) is 58.1 Å². The van der Waals surface area contributed by atoms with E-state index in [9.17, 15) is 10.1 Å². The Hall–Kier alpha value is -2.80. The van der Waals surface area contributed by atoms with Gasteiger partial charge in [-0.3, -0.25) is 15.5 Å². The van der Waals surface area contributed by atoms with E-state index in [2.05, 4.69) is 31.4 Å². The minimum atomic E-state index is -0.441. The van der Waals surface area contributed by atoms with Crippen LogP contribution in [0.5, 0.6) is 0 Å². The molecule has 1 aromatic heterocycles. The smallest absolute Gasteiger partial charge is 0.261 e.